The fourth-order valence-electron chi connectivity index (χ4n) is 2.32. The Labute approximate surface area is 131 Å². The molecular formula is C18H20ClNO. The second-order valence-electron chi connectivity index (χ2n) is 5.41. The van der Waals surface area contributed by atoms with E-state index < -0.39 is 0 Å². The standard InChI is InChI=1S/C18H20ClNO/c1-13-7-6-8-15(11-13)18(21)12-20(3)14(2)16-9-4-5-10-17(16)19/h4-11,14H,12H2,1-3H3. The van der Waals surface area contributed by atoms with E-state index in [2.05, 4.69) is 6.92 Å². The van der Waals surface area contributed by atoms with Crippen molar-refractivity contribution in [1.82, 2.24) is 4.90 Å². The first-order valence-corrected chi connectivity index (χ1v) is 7.41. The van der Waals surface area contributed by atoms with Crippen molar-refractivity contribution in [2.75, 3.05) is 13.6 Å². The van der Waals surface area contributed by atoms with Gasteiger partial charge in [0.15, 0.2) is 5.78 Å². The third-order valence-electron chi connectivity index (χ3n) is 3.75. The number of aryl methyl sites for hydroxylation is 1. The second-order valence-corrected chi connectivity index (χ2v) is 5.81. The number of hydrogen-bond donors (Lipinski definition) is 0. The van der Waals surface area contributed by atoms with Gasteiger partial charge < -0.3 is 0 Å². The normalized spacial score (nSPS) is 12.4. The van der Waals surface area contributed by atoms with Gasteiger partial charge >= 0.3 is 0 Å². The summed E-state index contributed by atoms with van der Waals surface area (Å²) in [6.07, 6.45) is 0. The van der Waals surface area contributed by atoms with Crippen LogP contribution in [0.4, 0.5) is 0 Å². The van der Waals surface area contributed by atoms with Crippen LogP contribution in [0.5, 0.6) is 0 Å². The van der Waals surface area contributed by atoms with Crippen LogP contribution in [0.2, 0.25) is 5.02 Å². The zero-order valence-corrected chi connectivity index (χ0v) is 13.4. The molecule has 110 valence electrons. The van der Waals surface area contributed by atoms with Crippen LogP contribution in [0.1, 0.15) is 34.5 Å². The highest BCUT2D eigenvalue weighted by Crippen LogP contribution is 2.26. The molecule has 0 fully saturated rings. The molecule has 0 N–H and O–H groups in total. The highest BCUT2D eigenvalue weighted by Gasteiger charge is 2.17. The van der Waals surface area contributed by atoms with E-state index in [9.17, 15) is 4.79 Å². The van der Waals surface area contributed by atoms with E-state index in [0.717, 1.165) is 21.7 Å². The van der Waals surface area contributed by atoms with Crippen LogP contribution in [0.3, 0.4) is 0 Å². The summed E-state index contributed by atoms with van der Waals surface area (Å²) in [6, 6.07) is 15.5. The minimum absolute atomic E-state index is 0.0902. The molecule has 0 aliphatic heterocycles. The topological polar surface area (TPSA) is 20.3 Å². The van der Waals surface area contributed by atoms with Gasteiger partial charge in [-0.2, -0.15) is 0 Å². The Balaban J connectivity index is 2.09. The van der Waals surface area contributed by atoms with Crippen molar-refractivity contribution in [2.45, 2.75) is 19.9 Å². The summed E-state index contributed by atoms with van der Waals surface area (Å²) >= 11 is 6.23. The third-order valence-corrected chi connectivity index (χ3v) is 4.09. The lowest BCUT2D eigenvalue weighted by Gasteiger charge is -2.25. The van der Waals surface area contributed by atoms with E-state index in [1.165, 1.54) is 0 Å². The Morgan fingerprint density at radius 3 is 2.57 bits per heavy atom. The lowest BCUT2D eigenvalue weighted by molar-refractivity contribution is 0.0924. The monoisotopic (exact) mass is 301 g/mol. The van der Waals surface area contributed by atoms with Crippen molar-refractivity contribution >= 4 is 17.4 Å². The van der Waals surface area contributed by atoms with Crippen LogP contribution in [0.25, 0.3) is 0 Å². The number of likely N-dealkylation sites (N-methyl/N-ethyl adjacent to an activating group) is 1. The van der Waals surface area contributed by atoms with Gasteiger partial charge in [0.05, 0.1) is 6.54 Å². The predicted molar refractivity (Wildman–Crippen MR) is 88.0 cm³/mol. The van der Waals surface area contributed by atoms with Crippen molar-refractivity contribution in [3.8, 4) is 0 Å². The molecule has 0 heterocycles. The summed E-state index contributed by atoms with van der Waals surface area (Å²) in [5.74, 6) is 0.125. The third kappa shape index (κ3) is 3.93. The molecule has 21 heavy (non-hydrogen) atoms. The maximum atomic E-state index is 12.4. The minimum atomic E-state index is 0.0902. The van der Waals surface area contributed by atoms with Crippen LogP contribution in [-0.2, 0) is 0 Å². The molecule has 0 radical (unpaired) electrons. The van der Waals surface area contributed by atoms with Crippen LogP contribution in [0.15, 0.2) is 48.5 Å². The van der Waals surface area contributed by atoms with Crippen molar-refractivity contribution in [3.63, 3.8) is 0 Å². The van der Waals surface area contributed by atoms with Crippen molar-refractivity contribution in [3.05, 3.63) is 70.2 Å². The Morgan fingerprint density at radius 1 is 1.19 bits per heavy atom. The fraction of sp³-hybridized carbons (Fsp3) is 0.278. The van der Waals surface area contributed by atoms with Crippen molar-refractivity contribution in [1.29, 1.82) is 0 Å². The number of Topliss-reactive ketones (excluding diaryl/α,β-unsaturated/α-hetero) is 1. The van der Waals surface area contributed by atoms with Gasteiger partial charge in [-0.15, -0.1) is 0 Å². The van der Waals surface area contributed by atoms with Gasteiger partial charge in [-0.05, 0) is 38.6 Å². The summed E-state index contributed by atoms with van der Waals surface area (Å²) in [6.45, 7) is 4.42. The summed E-state index contributed by atoms with van der Waals surface area (Å²) in [5.41, 5.74) is 2.90. The van der Waals surface area contributed by atoms with Crippen LogP contribution >= 0.6 is 11.6 Å². The van der Waals surface area contributed by atoms with Gasteiger partial charge in [-0.1, -0.05) is 53.6 Å². The molecule has 0 saturated heterocycles. The number of nitrogens with zero attached hydrogens (tertiary/aromatic N) is 1. The first-order chi connectivity index (χ1) is 9.99. The average Bonchev–Trinajstić information content (AvgIpc) is 2.47. The molecular weight excluding hydrogens is 282 g/mol. The van der Waals surface area contributed by atoms with Gasteiger partial charge in [0.1, 0.15) is 0 Å². The lowest BCUT2D eigenvalue weighted by atomic mass is 10.0. The van der Waals surface area contributed by atoms with Crippen molar-refractivity contribution in [2.24, 2.45) is 0 Å². The molecule has 3 heteroatoms. The number of benzene rings is 2. The first kappa shape index (κ1) is 15.7. The Morgan fingerprint density at radius 2 is 1.90 bits per heavy atom. The molecule has 0 aromatic heterocycles. The Kier molecular flexibility index (Phi) is 5.16. The van der Waals surface area contributed by atoms with Gasteiger partial charge in [0.2, 0.25) is 0 Å². The molecule has 0 aliphatic carbocycles. The molecule has 0 saturated carbocycles. The van der Waals surface area contributed by atoms with Crippen LogP contribution in [0, 0.1) is 6.92 Å². The summed E-state index contributed by atoms with van der Waals surface area (Å²) in [5, 5.41) is 0.736. The second kappa shape index (κ2) is 6.88. The van der Waals surface area contributed by atoms with E-state index >= 15 is 0 Å². The lowest BCUT2D eigenvalue weighted by Crippen LogP contribution is -2.29. The summed E-state index contributed by atoms with van der Waals surface area (Å²) in [7, 11) is 1.95. The van der Waals surface area contributed by atoms with Gasteiger partial charge in [-0.25, -0.2) is 0 Å². The molecule has 0 bridgehead atoms. The smallest absolute Gasteiger partial charge is 0.176 e. The fourth-order valence-corrected chi connectivity index (χ4v) is 2.62. The molecule has 2 rings (SSSR count). The zero-order valence-electron chi connectivity index (χ0n) is 12.6. The van der Waals surface area contributed by atoms with E-state index in [1.54, 1.807) is 0 Å². The quantitative estimate of drug-likeness (QED) is 0.757. The van der Waals surface area contributed by atoms with Gasteiger partial charge in [0, 0.05) is 16.6 Å². The van der Waals surface area contributed by atoms with Gasteiger partial charge in [0.25, 0.3) is 0 Å². The molecule has 1 atom stereocenters. The Hall–Kier alpha value is -1.64. The van der Waals surface area contributed by atoms with E-state index in [-0.39, 0.29) is 11.8 Å². The Bertz CT molecular complexity index is 639. The van der Waals surface area contributed by atoms with Crippen LogP contribution in [-0.4, -0.2) is 24.3 Å². The predicted octanol–water partition coefficient (Wildman–Crippen LogP) is 4.52. The summed E-state index contributed by atoms with van der Waals surface area (Å²) < 4.78 is 0. The summed E-state index contributed by atoms with van der Waals surface area (Å²) in [4.78, 5) is 14.4. The average molecular weight is 302 g/mol. The highest BCUT2D eigenvalue weighted by atomic mass is 35.5. The maximum Gasteiger partial charge on any atom is 0.176 e. The molecule has 0 spiro atoms. The van der Waals surface area contributed by atoms with Gasteiger partial charge in [-0.3, -0.25) is 9.69 Å². The molecule has 2 nitrogen and oxygen atoms in total. The maximum absolute atomic E-state index is 12.4. The number of ketones is 1. The molecule has 0 amide bonds. The number of carbonyl (C=O) groups is 1. The number of rotatable bonds is 5. The van der Waals surface area contributed by atoms with E-state index in [0.29, 0.717) is 6.54 Å². The first-order valence-electron chi connectivity index (χ1n) is 7.03. The molecule has 0 aliphatic rings. The molecule has 2 aromatic carbocycles. The molecule has 1 unspecified atom stereocenters. The zero-order chi connectivity index (χ0) is 15.4. The SMILES string of the molecule is Cc1cccc(C(=O)CN(C)C(C)c2ccccc2Cl)c1. The van der Waals surface area contributed by atoms with Crippen molar-refractivity contribution < 1.29 is 4.79 Å². The number of hydrogen-bond acceptors (Lipinski definition) is 2. The minimum Gasteiger partial charge on any atom is -0.293 e. The largest absolute Gasteiger partial charge is 0.293 e. The number of halogens is 1. The highest BCUT2D eigenvalue weighted by molar-refractivity contribution is 6.31. The molecule has 2 aromatic rings. The van der Waals surface area contributed by atoms with E-state index in [1.807, 2.05) is 67.4 Å². The van der Waals surface area contributed by atoms with E-state index in [4.69, 9.17) is 11.6 Å². The van der Waals surface area contributed by atoms with Crippen LogP contribution < -0.4 is 0 Å². The number of carbonyl (C=O) groups excluding carboxylic acids is 1.